The van der Waals surface area contributed by atoms with Gasteiger partial charge in [0.05, 0.1) is 0 Å². The van der Waals surface area contributed by atoms with E-state index in [-0.39, 0.29) is 41.1 Å². The van der Waals surface area contributed by atoms with Crippen molar-refractivity contribution in [2.75, 3.05) is 18.4 Å². The molecule has 1 aromatic rings. The van der Waals surface area contributed by atoms with E-state index in [1.165, 1.54) is 12.1 Å². The van der Waals surface area contributed by atoms with Crippen LogP contribution < -0.4 is 20.1 Å². The van der Waals surface area contributed by atoms with E-state index in [0.29, 0.717) is 5.69 Å². The number of anilines is 1. The Kier molecular flexibility index (Phi) is 3.88. The van der Waals surface area contributed by atoms with E-state index in [1.54, 1.807) is 6.07 Å². The summed E-state index contributed by atoms with van der Waals surface area (Å²) in [6.45, 7) is 1.89. The second kappa shape index (κ2) is 5.49. The second-order valence-electron chi connectivity index (χ2n) is 6.19. The molecule has 1 unspecified atom stereocenters. The van der Waals surface area contributed by atoms with E-state index >= 15 is 0 Å². The second-order valence-corrected chi connectivity index (χ2v) is 6.19. The van der Waals surface area contributed by atoms with Crippen LogP contribution in [0.3, 0.4) is 0 Å². The molecule has 126 valence electrons. The summed E-state index contributed by atoms with van der Waals surface area (Å²) < 4.78 is 34.7. The number of amides is 1. The summed E-state index contributed by atoms with van der Waals surface area (Å²) in [5.41, 5.74) is 0.583. The zero-order chi connectivity index (χ0) is 15.4. The fourth-order valence-electron chi connectivity index (χ4n) is 3.45. The molecule has 1 aromatic carbocycles. The number of halogens is 3. The van der Waals surface area contributed by atoms with Crippen LogP contribution >= 0.6 is 12.4 Å². The summed E-state index contributed by atoms with van der Waals surface area (Å²) in [6.07, 6.45) is -0.708. The van der Waals surface area contributed by atoms with Crippen LogP contribution in [0.25, 0.3) is 0 Å². The van der Waals surface area contributed by atoms with E-state index < -0.39 is 6.29 Å². The molecule has 2 N–H and O–H groups in total. The lowest BCUT2D eigenvalue weighted by molar-refractivity contribution is -0.286. The highest BCUT2D eigenvalue weighted by Crippen LogP contribution is 2.58. The molecule has 1 atom stereocenters. The van der Waals surface area contributed by atoms with Crippen LogP contribution in [0.1, 0.15) is 19.3 Å². The van der Waals surface area contributed by atoms with E-state index in [1.807, 2.05) is 0 Å². The normalized spacial score (nSPS) is 25.6. The van der Waals surface area contributed by atoms with Gasteiger partial charge < -0.3 is 20.1 Å². The Hall–Kier alpha value is -1.60. The van der Waals surface area contributed by atoms with Gasteiger partial charge in [-0.1, -0.05) is 0 Å². The zero-order valence-corrected chi connectivity index (χ0v) is 13.1. The maximum absolute atomic E-state index is 13.0. The van der Waals surface area contributed by atoms with Gasteiger partial charge in [0.1, 0.15) is 0 Å². The van der Waals surface area contributed by atoms with Crippen molar-refractivity contribution in [1.82, 2.24) is 5.32 Å². The van der Waals surface area contributed by atoms with E-state index in [2.05, 4.69) is 20.1 Å². The highest BCUT2D eigenvalue weighted by atomic mass is 35.5. The average molecular weight is 347 g/mol. The number of piperidine rings is 1. The molecule has 0 bridgehead atoms. The van der Waals surface area contributed by atoms with Crippen molar-refractivity contribution in [2.45, 2.75) is 25.6 Å². The molecule has 4 rings (SSSR count). The van der Waals surface area contributed by atoms with Gasteiger partial charge in [0, 0.05) is 17.7 Å². The van der Waals surface area contributed by atoms with Crippen molar-refractivity contribution in [3.05, 3.63) is 18.2 Å². The third-order valence-corrected chi connectivity index (χ3v) is 4.77. The van der Waals surface area contributed by atoms with Crippen LogP contribution in [0.15, 0.2) is 18.2 Å². The summed E-state index contributed by atoms with van der Waals surface area (Å²) in [5, 5.41) is 6.09. The Bertz CT molecular complexity index is 635. The molecule has 5 nitrogen and oxygen atoms in total. The first-order valence-electron chi connectivity index (χ1n) is 7.39. The quantitative estimate of drug-likeness (QED) is 0.864. The molecule has 2 aliphatic heterocycles. The van der Waals surface area contributed by atoms with Crippen LogP contribution in [-0.2, 0) is 4.79 Å². The molecule has 23 heavy (non-hydrogen) atoms. The number of benzene rings is 1. The van der Waals surface area contributed by atoms with E-state index in [0.717, 1.165) is 32.4 Å². The zero-order valence-electron chi connectivity index (χ0n) is 12.2. The monoisotopic (exact) mass is 346 g/mol. The minimum absolute atomic E-state index is 0. The average Bonchev–Trinajstić information content (AvgIpc) is 3.05. The van der Waals surface area contributed by atoms with Gasteiger partial charge in [-0.2, -0.15) is 0 Å². The minimum atomic E-state index is -3.64. The molecular formula is C15H17ClF2N2O3. The van der Waals surface area contributed by atoms with Gasteiger partial charge in [-0.05, 0) is 49.9 Å². The molecular weight excluding hydrogens is 330 g/mol. The maximum Gasteiger partial charge on any atom is 0.586 e. The standard InChI is InChI=1S/C15H16F2N2O3.ClH/c16-15(17)21-11-2-1-9(7-12(11)22-15)19-13(20)10-8-14(10)3-5-18-6-4-14;/h1-2,7,10,18H,3-6,8H2,(H,19,20);1H. The first kappa shape index (κ1) is 16.3. The third kappa shape index (κ3) is 2.95. The molecule has 1 saturated carbocycles. The first-order chi connectivity index (χ1) is 10.5. The van der Waals surface area contributed by atoms with Crippen LogP contribution in [0, 0.1) is 11.3 Å². The summed E-state index contributed by atoms with van der Waals surface area (Å²) >= 11 is 0. The van der Waals surface area contributed by atoms with Crippen molar-refractivity contribution in [3.63, 3.8) is 0 Å². The van der Waals surface area contributed by atoms with Crippen LogP contribution in [0.5, 0.6) is 11.5 Å². The lowest BCUT2D eigenvalue weighted by Gasteiger charge is -2.23. The summed E-state index contributed by atoms with van der Waals surface area (Å²) in [6, 6.07) is 4.28. The molecule has 0 radical (unpaired) electrons. The Balaban J connectivity index is 0.00000156. The number of hydrogen-bond acceptors (Lipinski definition) is 4. The van der Waals surface area contributed by atoms with Gasteiger partial charge in [0.25, 0.3) is 0 Å². The lowest BCUT2D eigenvalue weighted by Crippen LogP contribution is -2.31. The molecule has 1 spiro atoms. The molecule has 3 aliphatic rings. The number of alkyl halides is 2. The topological polar surface area (TPSA) is 59.6 Å². The van der Waals surface area contributed by atoms with Crippen LogP contribution in [0.2, 0.25) is 0 Å². The van der Waals surface area contributed by atoms with Gasteiger partial charge in [-0.3, -0.25) is 4.79 Å². The molecule has 2 heterocycles. The van der Waals surface area contributed by atoms with Crippen molar-refractivity contribution in [2.24, 2.45) is 11.3 Å². The SMILES string of the molecule is Cl.O=C(Nc1ccc2c(c1)OC(F)(F)O2)C1CC12CCNCC2. The largest absolute Gasteiger partial charge is 0.586 e. The third-order valence-electron chi connectivity index (χ3n) is 4.77. The van der Waals surface area contributed by atoms with Crippen molar-refractivity contribution >= 4 is 24.0 Å². The lowest BCUT2D eigenvalue weighted by atomic mass is 9.92. The first-order valence-corrected chi connectivity index (χ1v) is 7.39. The summed E-state index contributed by atoms with van der Waals surface area (Å²) in [4.78, 5) is 12.3. The Labute approximate surface area is 138 Å². The predicted molar refractivity (Wildman–Crippen MR) is 81.2 cm³/mol. The highest BCUT2D eigenvalue weighted by molar-refractivity contribution is 5.95. The molecule has 1 aliphatic carbocycles. The highest BCUT2D eigenvalue weighted by Gasteiger charge is 2.57. The molecule has 1 saturated heterocycles. The van der Waals surface area contributed by atoms with Gasteiger partial charge in [-0.15, -0.1) is 21.2 Å². The van der Waals surface area contributed by atoms with Gasteiger partial charge in [0.15, 0.2) is 11.5 Å². The molecule has 8 heteroatoms. The van der Waals surface area contributed by atoms with Crippen molar-refractivity contribution in [1.29, 1.82) is 0 Å². The fraction of sp³-hybridized carbons (Fsp3) is 0.533. The van der Waals surface area contributed by atoms with E-state index in [4.69, 9.17) is 0 Å². The number of hydrogen-bond donors (Lipinski definition) is 2. The number of nitrogens with one attached hydrogen (secondary N) is 2. The number of ether oxygens (including phenoxy) is 2. The van der Waals surface area contributed by atoms with Crippen molar-refractivity contribution in [3.8, 4) is 11.5 Å². The van der Waals surface area contributed by atoms with E-state index in [9.17, 15) is 13.6 Å². The maximum atomic E-state index is 13.0. The Morgan fingerprint density at radius 3 is 2.65 bits per heavy atom. The Morgan fingerprint density at radius 2 is 1.91 bits per heavy atom. The molecule has 0 aromatic heterocycles. The number of rotatable bonds is 2. The number of fused-ring (bicyclic) bond motifs is 1. The van der Waals surface area contributed by atoms with Gasteiger partial charge in [0.2, 0.25) is 5.91 Å². The molecule has 2 fully saturated rings. The van der Waals surface area contributed by atoms with Gasteiger partial charge >= 0.3 is 6.29 Å². The number of carbonyl (C=O) groups excluding carboxylic acids is 1. The number of carbonyl (C=O) groups is 1. The summed E-state index contributed by atoms with van der Waals surface area (Å²) in [7, 11) is 0. The van der Waals surface area contributed by atoms with Crippen LogP contribution in [0.4, 0.5) is 14.5 Å². The molecule has 1 amide bonds. The smallest absolute Gasteiger partial charge is 0.395 e. The Morgan fingerprint density at radius 1 is 1.22 bits per heavy atom. The predicted octanol–water partition coefficient (Wildman–Crippen LogP) is 2.76. The minimum Gasteiger partial charge on any atom is -0.395 e. The van der Waals surface area contributed by atoms with Crippen molar-refractivity contribution < 1.29 is 23.0 Å². The van der Waals surface area contributed by atoms with Crippen LogP contribution in [-0.4, -0.2) is 25.3 Å². The summed E-state index contributed by atoms with van der Waals surface area (Å²) in [5.74, 6) is -0.117. The van der Waals surface area contributed by atoms with Gasteiger partial charge in [-0.25, -0.2) is 0 Å². The fourth-order valence-corrected chi connectivity index (χ4v) is 3.45.